The maximum atomic E-state index is 10.9. The number of hydrogen-bond acceptors (Lipinski definition) is 2. The molecule has 13 heavy (non-hydrogen) atoms. The molecule has 3 heteroatoms. The van der Waals surface area contributed by atoms with Crippen LogP contribution >= 0.6 is 11.6 Å². The lowest BCUT2D eigenvalue weighted by molar-refractivity contribution is -0.117. The van der Waals surface area contributed by atoms with E-state index in [2.05, 4.69) is 0 Å². The third-order valence-electron chi connectivity index (χ3n) is 1.89. The van der Waals surface area contributed by atoms with Crippen LogP contribution in [0.4, 0.5) is 0 Å². The Morgan fingerprint density at radius 1 is 1.38 bits per heavy atom. The van der Waals surface area contributed by atoms with Gasteiger partial charge in [-0.2, -0.15) is 0 Å². The maximum absolute atomic E-state index is 10.9. The number of alkyl halides is 1. The summed E-state index contributed by atoms with van der Waals surface area (Å²) in [6, 6.07) is 8.96. The van der Waals surface area contributed by atoms with E-state index in [4.69, 9.17) is 17.3 Å². The maximum Gasteiger partial charge on any atom is 0.149 e. The number of nitrogens with two attached hydrogens (primary N) is 1. The Morgan fingerprint density at radius 2 is 1.92 bits per heavy atom. The van der Waals surface area contributed by atoms with Gasteiger partial charge in [0.1, 0.15) is 11.2 Å². The van der Waals surface area contributed by atoms with Crippen molar-refractivity contribution < 1.29 is 4.79 Å². The predicted octanol–water partition coefficient (Wildman–Crippen LogP) is 1.88. The Balaban J connectivity index is 2.79. The first kappa shape index (κ1) is 10.2. The van der Waals surface area contributed by atoms with E-state index in [1.807, 2.05) is 30.3 Å². The minimum absolute atomic E-state index is 0.0991. The molecule has 0 radical (unpaired) electrons. The van der Waals surface area contributed by atoms with Gasteiger partial charge >= 0.3 is 0 Å². The van der Waals surface area contributed by atoms with Gasteiger partial charge in [-0.25, -0.2) is 0 Å². The molecule has 70 valence electrons. The van der Waals surface area contributed by atoms with Crippen molar-refractivity contribution in [2.45, 2.75) is 18.3 Å². The van der Waals surface area contributed by atoms with E-state index in [-0.39, 0.29) is 5.78 Å². The zero-order chi connectivity index (χ0) is 9.84. The molecule has 2 unspecified atom stereocenters. The zero-order valence-corrected chi connectivity index (χ0v) is 8.16. The third-order valence-corrected chi connectivity index (χ3v) is 2.47. The fraction of sp³-hybridized carbons (Fsp3) is 0.300. The van der Waals surface area contributed by atoms with Gasteiger partial charge in [-0.15, -0.1) is 11.6 Å². The van der Waals surface area contributed by atoms with Crippen LogP contribution in [0, 0.1) is 0 Å². The molecule has 2 nitrogen and oxygen atoms in total. The van der Waals surface area contributed by atoms with Crippen LogP contribution in [0.2, 0.25) is 0 Å². The van der Waals surface area contributed by atoms with Crippen LogP contribution in [0.5, 0.6) is 0 Å². The highest BCUT2D eigenvalue weighted by atomic mass is 35.5. The lowest BCUT2D eigenvalue weighted by Crippen LogP contribution is -2.27. The summed E-state index contributed by atoms with van der Waals surface area (Å²) in [6.07, 6.45) is 0. The van der Waals surface area contributed by atoms with Gasteiger partial charge in [-0.3, -0.25) is 4.79 Å². The van der Waals surface area contributed by atoms with E-state index in [1.54, 1.807) is 0 Å². The minimum atomic E-state index is -0.637. The molecule has 0 aliphatic rings. The van der Waals surface area contributed by atoms with E-state index in [0.29, 0.717) is 0 Å². The first-order valence-electron chi connectivity index (χ1n) is 4.08. The van der Waals surface area contributed by atoms with Crippen molar-refractivity contribution in [1.29, 1.82) is 0 Å². The van der Waals surface area contributed by atoms with Crippen LogP contribution in [-0.2, 0) is 4.79 Å². The fourth-order valence-electron chi connectivity index (χ4n) is 1.10. The summed E-state index contributed by atoms with van der Waals surface area (Å²) in [7, 11) is 0. The molecule has 0 saturated heterocycles. The van der Waals surface area contributed by atoms with Gasteiger partial charge in [-0.05, 0) is 12.5 Å². The van der Waals surface area contributed by atoms with Crippen molar-refractivity contribution in [3.05, 3.63) is 35.9 Å². The topological polar surface area (TPSA) is 43.1 Å². The van der Waals surface area contributed by atoms with Crippen LogP contribution in [0.1, 0.15) is 18.5 Å². The first-order chi connectivity index (χ1) is 6.13. The third kappa shape index (κ3) is 2.54. The smallest absolute Gasteiger partial charge is 0.149 e. The Kier molecular flexibility index (Phi) is 3.46. The van der Waals surface area contributed by atoms with Gasteiger partial charge in [0.25, 0.3) is 0 Å². The molecular weight excluding hydrogens is 186 g/mol. The van der Waals surface area contributed by atoms with Crippen molar-refractivity contribution >= 4 is 17.4 Å². The molecule has 0 aromatic heterocycles. The quantitative estimate of drug-likeness (QED) is 0.752. The van der Waals surface area contributed by atoms with E-state index < -0.39 is 11.4 Å². The van der Waals surface area contributed by atoms with Crippen LogP contribution in [0.3, 0.4) is 0 Å². The molecular formula is C10H12ClNO. The summed E-state index contributed by atoms with van der Waals surface area (Å²) in [5.74, 6) is -0.0991. The van der Waals surface area contributed by atoms with Crippen LogP contribution in [0.25, 0.3) is 0 Å². The molecule has 2 N–H and O–H groups in total. The standard InChI is InChI=1S/C10H12ClNO/c1-7(13)9(11)10(12)8-5-3-2-4-6-8/h2-6,9-10H,12H2,1H3. The molecule has 0 aliphatic heterocycles. The van der Waals surface area contributed by atoms with Gasteiger partial charge < -0.3 is 5.73 Å². The molecule has 0 heterocycles. The summed E-state index contributed by atoms with van der Waals surface area (Å²) in [5, 5.41) is -0.637. The van der Waals surface area contributed by atoms with Gasteiger partial charge in [0.05, 0.1) is 6.04 Å². The molecule has 0 spiro atoms. The molecule has 0 bridgehead atoms. The molecule has 0 saturated carbocycles. The number of halogens is 1. The number of carbonyl (C=O) groups is 1. The van der Waals surface area contributed by atoms with Crippen molar-refractivity contribution in [1.82, 2.24) is 0 Å². The Bertz CT molecular complexity index is 286. The SMILES string of the molecule is CC(=O)C(Cl)C(N)c1ccccc1. The highest BCUT2D eigenvalue weighted by molar-refractivity contribution is 6.31. The Morgan fingerprint density at radius 3 is 2.38 bits per heavy atom. The summed E-state index contributed by atoms with van der Waals surface area (Å²) in [5.41, 5.74) is 6.67. The van der Waals surface area contributed by atoms with Gasteiger partial charge in [-0.1, -0.05) is 30.3 Å². The van der Waals surface area contributed by atoms with Crippen molar-refractivity contribution in [2.24, 2.45) is 5.73 Å². The average Bonchev–Trinajstić information content (AvgIpc) is 2.17. The number of hydrogen-bond donors (Lipinski definition) is 1. The van der Waals surface area contributed by atoms with Gasteiger partial charge in [0.15, 0.2) is 0 Å². The zero-order valence-electron chi connectivity index (χ0n) is 7.41. The van der Waals surface area contributed by atoms with E-state index in [9.17, 15) is 4.79 Å². The van der Waals surface area contributed by atoms with Crippen LogP contribution in [0.15, 0.2) is 30.3 Å². The molecule has 0 amide bonds. The number of Topliss-reactive ketones (excluding diaryl/α,β-unsaturated/α-hetero) is 1. The lowest BCUT2D eigenvalue weighted by atomic mass is 10.0. The Labute approximate surface area is 82.7 Å². The average molecular weight is 198 g/mol. The van der Waals surface area contributed by atoms with Crippen molar-refractivity contribution in [2.75, 3.05) is 0 Å². The second-order valence-corrected chi connectivity index (χ2v) is 3.42. The van der Waals surface area contributed by atoms with E-state index >= 15 is 0 Å². The van der Waals surface area contributed by atoms with Gasteiger partial charge in [0.2, 0.25) is 0 Å². The van der Waals surface area contributed by atoms with E-state index in [1.165, 1.54) is 6.92 Å². The highest BCUT2D eigenvalue weighted by Crippen LogP contribution is 2.18. The summed E-state index contributed by atoms with van der Waals surface area (Å²) in [4.78, 5) is 10.9. The summed E-state index contributed by atoms with van der Waals surface area (Å²) >= 11 is 5.83. The predicted molar refractivity (Wildman–Crippen MR) is 53.7 cm³/mol. The second kappa shape index (κ2) is 4.40. The number of ketones is 1. The number of carbonyl (C=O) groups excluding carboxylic acids is 1. The van der Waals surface area contributed by atoms with Crippen LogP contribution < -0.4 is 5.73 Å². The van der Waals surface area contributed by atoms with Crippen molar-refractivity contribution in [3.63, 3.8) is 0 Å². The first-order valence-corrected chi connectivity index (χ1v) is 4.51. The van der Waals surface area contributed by atoms with E-state index in [0.717, 1.165) is 5.56 Å². The summed E-state index contributed by atoms with van der Waals surface area (Å²) < 4.78 is 0. The molecule has 1 aromatic carbocycles. The largest absolute Gasteiger partial charge is 0.322 e. The number of benzene rings is 1. The molecule has 1 rings (SSSR count). The fourth-order valence-corrected chi connectivity index (χ4v) is 1.24. The molecule has 0 fully saturated rings. The highest BCUT2D eigenvalue weighted by Gasteiger charge is 2.20. The molecule has 2 atom stereocenters. The molecule has 1 aromatic rings. The number of rotatable bonds is 3. The normalized spacial score (nSPS) is 15.0. The van der Waals surface area contributed by atoms with Crippen molar-refractivity contribution in [3.8, 4) is 0 Å². The second-order valence-electron chi connectivity index (χ2n) is 2.95. The lowest BCUT2D eigenvalue weighted by Gasteiger charge is -2.15. The molecule has 0 aliphatic carbocycles. The monoisotopic (exact) mass is 197 g/mol. The van der Waals surface area contributed by atoms with Gasteiger partial charge in [0, 0.05) is 0 Å². The Hall–Kier alpha value is -0.860. The van der Waals surface area contributed by atoms with Crippen LogP contribution in [-0.4, -0.2) is 11.2 Å². The summed E-state index contributed by atoms with van der Waals surface area (Å²) in [6.45, 7) is 1.44. The minimum Gasteiger partial charge on any atom is -0.322 e.